The van der Waals surface area contributed by atoms with Gasteiger partial charge in [0, 0.05) is 18.1 Å². The molecule has 3 aromatic rings. The standard InChI is InChI=1S/C26H23NO3/c1-4-30-25(19-11-6-5-7-12-19)24-22-15-14-20(21-13-9-8-10-17(21)2)16-23(22)27(18(3)28)26(24)29/h5-16H,4H2,1-3H3/b25-24+. The predicted molar refractivity (Wildman–Crippen MR) is 120 cm³/mol. The third-order valence-corrected chi connectivity index (χ3v) is 5.25. The fourth-order valence-corrected chi connectivity index (χ4v) is 3.89. The van der Waals surface area contributed by atoms with Gasteiger partial charge in [-0.25, -0.2) is 4.90 Å². The summed E-state index contributed by atoms with van der Waals surface area (Å²) in [6.45, 7) is 5.75. The molecule has 0 N–H and O–H groups in total. The molecule has 1 aliphatic rings. The lowest BCUT2D eigenvalue weighted by Gasteiger charge is -2.14. The van der Waals surface area contributed by atoms with Gasteiger partial charge >= 0.3 is 0 Å². The number of nitrogens with zero attached hydrogens (tertiary/aromatic N) is 1. The maximum atomic E-state index is 13.4. The molecular weight excluding hydrogens is 374 g/mol. The molecular formula is C26H23NO3. The van der Waals surface area contributed by atoms with Crippen molar-refractivity contribution in [3.05, 3.63) is 89.5 Å². The van der Waals surface area contributed by atoms with Gasteiger partial charge in [0.25, 0.3) is 5.91 Å². The number of imide groups is 1. The second-order valence-corrected chi connectivity index (χ2v) is 7.21. The minimum absolute atomic E-state index is 0.318. The first-order valence-electron chi connectivity index (χ1n) is 10.0. The molecule has 2 amide bonds. The van der Waals surface area contributed by atoms with Crippen molar-refractivity contribution in [3.8, 4) is 11.1 Å². The van der Waals surface area contributed by atoms with Crippen LogP contribution in [0.1, 0.15) is 30.5 Å². The Morgan fingerprint density at radius 1 is 0.933 bits per heavy atom. The summed E-state index contributed by atoms with van der Waals surface area (Å²) < 4.78 is 5.92. The summed E-state index contributed by atoms with van der Waals surface area (Å²) in [6, 6.07) is 23.4. The van der Waals surface area contributed by atoms with Crippen molar-refractivity contribution in [2.75, 3.05) is 11.5 Å². The number of rotatable bonds is 4. The number of aryl methyl sites for hydroxylation is 1. The normalized spacial score (nSPS) is 14.5. The van der Waals surface area contributed by atoms with Gasteiger partial charge in [0.05, 0.1) is 17.9 Å². The molecule has 3 aromatic carbocycles. The Morgan fingerprint density at radius 3 is 2.30 bits per heavy atom. The lowest BCUT2D eigenvalue weighted by atomic mass is 9.96. The largest absolute Gasteiger partial charge is 0.492 e. The van der Waals surface area contributed by atoms with E-state index in [1.807, 2.05) is 86.6 Å². The third-order valence-electron chi connectivity index (χ3n) is 5.25. The van der Waals surface area contributed by atoms with Crippen molar-refractivity contribution < 1.29 is 14.3 Å². The molecule has 0 unspecified atom stereocenters. The SMILES string of the molecule is CCO/C(=C1/C(=O)N(C(C)=O)c2cc(-c3ccccc3C)ccc21)c1ccccc1. The van der Waals surface area contributed by atoms with Gasteiger partial charge in [-0.05, 0) is 36.6 Å². The second-order valence-electron chi connectivity index (χ2n) is 7.21. The Labute approximate surface area is 176 Å². The van der Waals surface area contributed by atoms with Crippen LogP contribution in [0.5, 0.6) is 0 Å². The monoisotopic (exact) mass is 397 g/mol. The molecule has 0 atom stereocenters. The molecule has 30 heavy (non-hydrogen) atoms. The molecule has 0 radical (unpaired) electrons. The second kappa shape index (κ2) is 7.99. The number of amides is 2. The van der Waals surface area contributed by atoms with Crippen LogP contribution in [0.25, 0.3) is 22.5 Å². The van der Waals surface area contributed by atoms with Crippen LogP contribution in [-0.4, -0.2) is 18.4 Å². The fraction of sp³-hybridized carbons (Fsp3) is 0.154. The maximum absolute atomic E-state index is 13.4. The first-order valence-corrected chi connectivity index (χ1v) is 10.0. The van der Waals surface area contributed by atoms with Crippen molar-refractivity contribution in [1.29, 1.82) is 0 Å². The van der Waals surface area contributed by atoms with Crippen molar-refractivity contribution in [1.82, 2.24) is 0 Å². The summed E-state index contributed by atoms with van der Waals surface area (Å²) in [4.78, 5) is 27.1. The van der Waals surface area contributed by atoms with Crippen LogP contribution in [0.15, 0.2) is 72.8 Å². The van der Waals surface area contributed by atoms with Gasteiger partial charge in [-0.15, -0.1) is 0 Å². The van der Waals surface area contributed by atoms with E-state index in [9.17, 15) is 9.59 Å². The van der Waals surface area contributed by atoms with Crippen LogP contribution in [0.2, 0.25) is 0 Å². The lowest BCUT2D eigenvalue weighted by Crippen LogP contribution is -2.31. The van der Waals surface area contributed by atoms with E-state index in [-0.39, 0.29) is 11.8 Å². The number of anilines is 1. The summed E-state index contributed by atoms with van der Waals surface area (Å²) in [5.41, 5.74) is 5.70. The van der Waals surface area contributed by atoms with E-state index in [0.29, 0.717) is 29.2 Å². The van der Waals surface area contributed by atoms with Crippen LogP contribution in [0.4, 0.5) is 5.69 Å². The Hall–Kier alpha value is -3.66. The Morgan fingerprint density at radius 2 is 1.63 bits per heavy atom. The summed E-state index contributed by atoms with van der Waals surface area (Å²) in [5, 5.41) is 0. The fourth-order valence-electron chi connectivity index (χ4n) is 3.89. The number of benzene rings is 3. The molecule has 1 aliphatic heterocycles. The molecule has 0 fully saturated rings. The van der Waals surface area contributed by atoms with Crippen LogP contribution in [-0.2, 0) is 14.3 Å². The van der Waals surface area contributed by atoms with E-state index in [2.05, 4.69) is 0 Å². The molecule has 0 saturated carbocycles. The Bertz CT molecular complexity index is 1160. The van der Waals surface area contributed by atoms with Crippen molar-refractivity contribution in [2.45, 2.75) is 20.8 Å². The smallest absolute Gasteiger partial charge is 0.269 e. The third kappa shape index (κ3) is 3.30. The Balaban J connectivity index is 1.96. The number of ether oxygens (including phenoxy) is 1. The van der Waals surface area contributed by atoms with E-state index in [4.69, 9.17) is 4.74 Å². The first kappa shape index (κ1) is 19.6. The van der Waals surface area contributed by atoms with Gasteiger partial charge in [0.15, 0.2) is 0 Å². The van der Waals surface area contributed by atoms with Crippen LogP contribution >= 0.6 is 0 Å². The zero-order chi connectivity index (χ0) is 21.3. The van der Waals surface area contributed by atoms with Crippen LogP contribution in [0.3, 0.4) is 0 Å². The van der Waals surface area contributed by atoms with E-state index in [1.54, 1.807) is 0 Å². The zero-order valence-corrected chi connectivity index (χ0v) is 17.3. The van der Waals surface area contributed by atoms with Crippen molar-refractivity contribution >= 4 is 28.8 Å². The minimum Gasteiger partial charge on any atom is -0.492 e. The number of hydrogen-bond donors (Lipinski definition) is 0. The van der Waals surface area contributed by atoms with Gasteiger partial charge in [0.2, 0.25) is 5.91 Å². The molecule has 0 aliphatic carbocycles. The molecule has 150 valence electrons. The van der Waals surface area contributed by atoms with Gasteiger partial charge < -0.3 is 4.74 Å². The molecule has 0 spiro atoms. The number of carbonyl (C=O) groups is 2. The van der Waals surface area contributed by atoms with Gasteiger partial charge in [-0.2, -0.15) is 0 Å². The number of carbonyl (C=O) groups excluding carboxylic acids is 2. The highest BCUT2D eigenvalue weighted by molar-refractivity contribution is 6.43. The van der Waals surface area contributed by atoms with E-state index in [1.165, 1.54) is 11.8 Å². The minimum atomic E-state index is -0.355. The zero-order valence-electron chi connectivity index (χ0n) is 17.3. The first-order chi connectivity index (χ1) is 14.5. The maximum Gasteiger partial charge on any atom is 0.269 e. The highest BCUT2D eigenvalue weighted by Crippen LogP contribution is 2.43. The molecule has 4 heteroatoms. The molecule has 0 saturated heterocycles. The summed E-state index contributed by atoms with van der Waals surface area (Å²) in [7, 11) is 0. The predicted octanol–water partition coefficient (Wildman–Crippen LogP) is 5.46. The summed E-state index contributed by atoms with van der Waals surface area (Å²) in [6.07, 6.45) is 0. The van der Waals surface area contributed by atoms with E-state index >= 15 is 0 Å². The quantitative estimate of drug-likeness (QED) is 0.434. The lowest BCUT2D eigenvalue weighted by molar-refractivity contribution is -0.122. The molecule has 4 rings (SSSR count). The molecule has 1 heterocycles. The molecule has 4 nitrogen and oxygen atoms in total. The number of hydrogen-bond acceptors (Lipinski definition) is 3. The van der Waals surface area contributed by atoms with E-state index < -0.39 is 0 Å². The highest BCUT2D eigenvalue weighted by Gasteiger charge is 2.38. The van der Waals surface area contributed by atoms with E-state index in [0.717, 1.165) is 22.3 Å². The van der Waals surface area contributed by atoms with Crippen molar-refractivity contribution in [3.63, 3.8) is 0 Å². The van der Waals surface area contributed by atoms with Crippen LogP contribution < -0.4 is 4.90 Å². The topological polar surface area (TPSA) is 46.6 Å². The average Bonchev–Trinajstić information content (AvgIpc) is 3.04. The van der Waals surface area contributed by atoms with Crippen molar-refractivity contribution in [2.24, 2.45) is 0 Å². The van der Waals surface area contributed by atoms with Gasteiger partial charge in [-0.3, -0.25) is 9.59 Å². The Kier molecular flexibility index (Phi) is 5.23. The van der Waals surface area contributed by atoms with Gasteiger partial charge in [0.1, 0.15) is 5.76 Å². The van der Waals surface area contributed by atoms with Crippen LogP contribution in [0, 0.1) is 6.92 Å². The molecule has 0 bridgehead atoms. The van der Waals surface area contributed by atoms with Gasteiger partial charge in [-0.1, -0.05) is 66.7 Å². The average molecular weight is 397 g/mol. The summed E-state index contributed by atoms with van der Waals surface area (Å²) >= 11 is 0. The summed E-state index contributed by atoms with van der Waals surface area (Å²) in [5.74, 6) is -0.175. The number of fused-ring (bicyclic) bond motifs is 1. The highest BCUT2D eigenvalue weighted by atomic mass is 16.5. The molecule has 0 aromatic heterocycles.